The van der Waals surface area contributed by atoms with Crippen molar-refractivity contribution in [1.29, 1.82) is 0 Å². The summed E-state index contributed by atoms with van der Waals surface area (Å²) in [4.78, 5) is 16.6. The maximum absolute atomic E-state index is 12.2. The van der Waals surface area contributed by atoms with E-state index in [-0.39, 0.29) is 11.7 Å². The molecule has 1 amide bonds. The van der Waals surface area contributed by atoms with Crippen LogP contribution in [0.1, 0.15) is 19.8 Å². The summed E-state index contributed by atoms with van der Waals surface area (Å²) in [5.41, 5.74) is -0.162. The van der Waals surface area contributed by atoms with Crippen molar-refractivity contribution in [3.8, 4) is 0 Å². The Balaban J connectivity index is 1.52. The van der Waals surface area contributed by atoms with Crippen LogP contribution in [0.5, 0.6) is 0 Å². The summed E-state index contributed by atoms with van der Waals surface area (Å²) in [5.74, 6) is 0.318. The molecule has 1 aliphatic carbocycles. The Bertz CT molecular complexity index is 311. The van der Waals surface area contributed by atoms with Crippen LogP contribution in [0.3, 0.4) is 0 Å². The highest BCUT2D eigenvalue weighted by Crippen LogP contribution is 2.41. The van der Waals surface area contributed by atoms with E-state index in [9.17, 15) is 4.79 Å². The standard InChI is InChI=1S/C12H21N3O2/c1-10-13-12(2-3-12)11(16)15(10)5-4-14-6-8-17-9-7-14/h10,13H,2-9H2,1H3. The molecule has 1 spiro atoms. The molecule has 0 aromatic rings. The predicted molar refractivity (Wildman–Crippen MR) is 63.5 cm³/mol. The van der Waals surface area contributed by atoms with Crippen molar-refractivity contribution in [3.05, 3.63) is 0 Å². The fourth-order valence-electron chi connectivity index (χ4n) is 2.84. The summed E-state index contributed by atoms with van der Waals surface area (Å²) in [5, 5.41) is 3.42. The Hall–Kier alpha value is -0.650. The van der Waals surface area contributed by atoms with Crippen molar-refractivity contribution in [3.63, 3.8) is 0 Å². The van der Waals surface area contributed by atoms with Crippen LogP contribution in [-0.4, -0.2) is 66.8 Å². The molecule has 3 aliphatic rings. The molecule has 2 aliphatic heterocycles. The molecule has 2 saturated heterocycles. The number of morpholine rings is 1. The lowest BCUT2D eigenvalue weighted by Gasteiger charge is -2.29. The maximum Gasteiger partial charge on any atom is 0.244 e. The minimum absolute atomic E-state index is 0.162. The van der Waals surface area contributed by atoms with Crippen molar-refractivity contribution >= 4 is 5.91 Å². The van der Waals surface area contributed by atoms with Gasteiger partial charge in [-0.15, -0.1) is 0 Å². The van der Waals surface area contributed by atoms with Gasteiger partial charge in [-0.2, -0.15) is 0 Å². The smallest absolute Gasteiger partial charge is 0.244 e. The molecule has 1 saturated carbocycles. The van der Waals surface area contributed by atoms with Gasteiger partial charge in [-0.05, 0) is 19.8 Å². The van der Waals surface area contributed by atoms with E-state index in [0.717, 1.165) is 52.2 Å². The molecule has 17 heavy (non-hydrogen) atoms. The molecule has 3 rings (SSSR count). The van der Waals surface area contributed by atoms with Crippen LogP contribution in [0.4, 0.5) is 0 Å². The molecule has 1 unspecified atom stereocenters. The molecule has 3 fully saturated rings. The van der Waals surface area contributed by atoms with E-state index < -0.39 is 0 Å². The fraction of sp³-hybridized carbons (Fsp3) is 0.917. The molecule has 0 bridgehead atoms. The summed E-state index contributed by atoms with van der Waals surface area (Å²) >= 11 is 0. The van der Waals surface area contributed by atoms with E-state index in [4.69, 9.17) is 4.74 Å². The normalized spacial score (nSPS) is 32.4. The highest BCUT2D eigenvalue weighted by atomic mass is 16.5. The Morgan fingerprint density at radius 1 is 1.35 bits per heavy atom. The van der Waals surface area contributed by atoms with Crippen molar-refractivity contribution in [1.82, 2.24) is 15.1 Å². The maximum atomic E-state index is 12.2. The molecule has 0 aromatic carbocycles. The summed E-state index contributed by atoms with van der Waals surface area (Å²) in [6, 6.07) is 0. The van der Waals surface area contributed by atoms with Crippen LogP contribution >= 0.6 is 0 Å². The highest BCUT2D eigenvalue weighted by Gasteiger charge is 2.57. The Labute approximate surface area is 102 Å². The first kappa shape index (κ1) is 11.4. The zero-order valence-corrected chi connectivity index (χ0v) is 10.4. The first-order chi connectivity index (χ1) is 8.21. The van der Waals surface area contributed by atoms with Gasteiger partial charge in [0, 0.05) is 26.2 Å². The van der Waals surface area contributed by atoms with E-state index in [2.05, 4.69) is 17.1 Å². The van der Waals surface area contributed by atoms with Gasteiger partial charge in [0.2, 0.25) is 5.91 Å². The third kappa shape index (κ3) is 2.07. The van der Waals surface area contributed by atoms with Crippen molar-refractivity contribution in [2.24, 2.45) is 0 Å². The SMILES string of the molecule is CC1NC2(CC2)C(=O)N1CCN1CCOCC1. The molecule has 96 valence electrons. The van der Waals surface area contributed by atoms with Crippen molar-refractivity contribution < 1.29 is 9.53 Å². The molecule has 1 atom stereocenters. The van der Waals surface area contributed by atoms with Crippen LogP contribution in [0.25, 0.3) is 0 Å². The summed E-state index contributed by atoms with van der Waals surface area (Å²) in [6.45, 7) is 7.54. The van der Waals surface area contributed by atoms with Crippen molar-refractivity contribution in [2.45, 2.75) is 31.5 Å². The molecule has 1 N–H and O–H groups in total. The van der Waals surface area contributed by atoms with Gasteiger partial charge in [0.25, 0.3) is 0 Å². The number of rotatable bonds is 3. The second-order valence-corrected chi connectivity index (χ2v) is 5.35. The number of nitrogens with one attached hydrogen (secondary N) is 1. The highest BCUT2D eigenvalue weighted by molar-refractivity contribution is 5.91. The lowest BCUT2D eigenvalue weighted by molar-refractivity contribution is -0.130. The molecule has 5 nitrogen and oxygen atoms in total. The summed E-state index contributed by atoms with van der Waals surface area (Å²) in [6.07, 6.45) is 2.24. The van der Waals surface area contributed by atoms with Crippen LogP contribution in [0.15, 0.2) is 0 Å². The first-order valence-corrected chi connectivity index (χ1v) is 6.60. The van der Waals surface area contributed by atoms with Gasteiger partial charge in [0.05, 0.1) is 24.9 Å². The second-order valence-electron chi connectivity index (χ2n) is 5.35. The number of nitrogens with zero attached hydrogens (tertiary/aromatic N) is 2. The predicted octanol–water partition coefficient (Wildman–Crippen LogP) is -0.371. The number of hydrogen-bond donors (Lipinski definition) is 1. The van der Waals surface area contributed by atoms with Crippen LogP contribution in [0, 0.1) is 0 Å². The van der Waals surface area contributed by atoms with Gasteiger partial charge in [0.15, 0.2) is 0 Å². The summed E-state index contributed by atoms with van der Waals surface area (Å²) in [7, 11) is 0. The zero-order valence-electron chi connectivity index (χ0n) is 10.4. The molecular weight excluding hydrogens is 218 g/mol. The zero-order chi connectivity index (χ0) is 11.9. The number of carbonyl (C=O) groups is 1. The van der Waals surface area contributed by atoms with Crippen LogP contribution in [0.2, 0.25) is 0 Å². The topological polar surface area (TPSA) is 44.8 Å². The van der Waals surface area contributed by atoms with E-state index in [0.29, 0.717) is 5.91 Å². The van der Waals surface area contributed by atoms with Gasteiger partial charge in [0.1, 0.15) is 0 Å². The fourth-order valence-corrected chi connectivity index (χ4v) is 2.84. The Kier molecular flexibility index (Phi) is 2.84. The number of hydrogen-bond acceptors (Lipinski definition) is 4. The average molecular weight is 239 g/mol. The number of ether oxygens (including phenoxy) is 1. The van der Waals surface area contributed by atoms with Crippen LogP contribution in [-0.2, 0) is 9.53 Å². The van der Waals surface area contributed by atoms with Gasteiger partial charge in [-0.25, -0.2) is 0 Å². The Morgan fingerprint density at radius 2 is 2.06 bits per heavy atom. The van der Waals surface area contributed by atoms with Crippen LogP contribution < -0.4 is 5.32 Å². The largest absolute Gasteiger partial charge is 0.379 e. The summed E-state index contributed by atoms with van der Waals surface area (Å²) < 4.78 is 5.32. The lowest BCUT2D eigenvalue weighted by atomic mass is 10.3. The molecule has 0 aromatic heterocycles. The minimum atomic E-state index is -0.162. The average Bonchev–Trinajstić information content (AvgIpc) is 3.06. The van der Waals surface area contributed by atoms with Gasteiger partial charge < -0.3 is 9.64 Å². The second kappa shape index (κ2) is 4.23. The quantitative estimate of drug-likeness (QED) is 0.730. The molecule has 5 heteroatoms. The Morgan fingerprint density at radius 3 is 2.65 bits per heavy atom. The third-order valence-corrected chi connectivity index (χ3v) is 4.13. The third-order valence-electron chi connectivity index (χ3n) is 4.13. The van der Waals surface area contributed by atoms with Gasteiger partial charge in [-0.1, -0.05) is 0 Å². The van der Waals surface area contributed by atoms with Crippen molar-refractivity contribution in [2.75, 3.05) is 39.4 Å². The number of carbonyl (C=O) groups excluding carboxylic acids is 1. The molecule has 2 heterocycles. The monoisotopic (exact) mass is 239 g/mol. The number of amides is 1. The van der Waals surface area contributed by atoms with Gasteiger partial charge >= 0.3 is 0 Å². The minimum Gasteiger partial charge on any atom is -0.379 e. The molecular formula is C12H21N3O2. The van der Waals surface area contributed by atoms with E-state index in [1.165, 1.54) is 0 Å². The lowest BCUT2D eigenvalue weighted by Crippen LogP contribution is -2.44. The molecule has 0 radical (unpaired) electrons. The van der Waals surface area contributed by atoms with E-state index in [1.807, 2.05) is 4.90 Å². The van der Waals surface area contributed by atoms with E-state index >= 15 is 0 Å². The first-order valence-electron chi connectivity index (χ1n) is 6.60. The van der Waals surface area contributed by atoms with Gasteiger partial charge in [-0.3, -0.25) is 15.0 Å². The van der Waals surface area contributed by atoms with E-state index in [1.54, 1.807) is 0 Å².